The number of carbonyl (C=O) groups excluding carboxylic acids is 1. The maximum Gasteiger partial charge on any atom is 0.248 e. The minimum absolute atomic E-state index is 0.130. The summed E-state index contributed by atoms with van der Waals surface area (Å²) in [6.07, 6.45) is 0.898. The molecule has 0 saturated heterocycles. The van der Waals surface area contributed by atoms with E-state index in [1.165, 1.54) is 6.92 Å². The Hall–Kier alpha value is -2.48. The minimum Gasteiger partial charge on any atom is -0.324 e. The fourth-order valence-corrected chi connectivity index (χ4v) is 3.79. The van der Waals surface area contributed by atoms with E-state index >= 15 is 0 Å². The Morgan fingerprint density at radius 3 is 2.27 bits per heavy atom. The second kappa shape index (κ2) is 7.41. The van der Waals surface area contributed by atoms with Crippen LogP contribution < -0.4 is 9.62 Å². The number of nitrogens with one attached hydrogen (secondary N) is 1. The number of amides is 1. The fourth-order valence-electron chi connectivity index (χ4n) is 2.62. The largest absolute Gasteiger partial charge is 0.324 e. The SMILES string of the molecule is Cc1ccc(NC(=O)[C@H](C)N(c2ccc(F)c(F)c2)S(C)(=O)=O)c(C)c1. The van der Waals surface area contributed by atoms with Gasteiger partial charge < -0.3 is 5.32 Å². The van der Waals surface area contributed by atoms with Gasteiger partial charge in [0.1, 0.15) is 6.04 Å². The van der Waals surface area contributed by atoms with Crippen molar-refractivity contribution >= 4 is 27.3 Å². The van der Waals surface area contributed by atoms with Crippen molar-refractivity contribution in [3.63, 3.8) is 0 Å². The molecule has 1 amide bonds. The molecule has 2 aromatic rings. The first-order chi connectivity index (χ1) is 12.0. The smallest absolute Gasteiger partial charge is 0.248 e. The lowest BCUT2D eigenvalue weighted by Gasteiger charge is -2.28. The number of sulfonamides is 1. The summed E-state index contributed by atoms with van der Waals surface area (Å²) in [5, 5.41) is 2.67. The third kappa shape index (κ3) is 4.37. The van der Waals surface area contributed by atoms with Gasteiger partial charge in [0.25, 0.3) is 0 Å². The zero-order valence-corrected chi connectivity index (χ0v) is 15.7. The molecule has 5 nitrogen and oxygen atoms in total. The van der Waals surface area contributed by atoms with Crippen molar-refractivity contribution in [3.05, 3.63) is 59.2 Å². The van der Waals surface area contributed by atoms with Crippen molar-refractivity contribution in [2.45, 2.75) is 26.8 Å². The molecule has 0 aromatic heterocycles. The Morgan fingerprint density at radius 2 is 1.73 bits per heavy atom. The van der Waals surface area contributed by atoms with Crippen molar-refractivity contribution in [1.29, 1.82) is 0 Å². The molecule has 140 valence electrons. The van der Waals surface area contributed by atoms with E-state index in [9.17, 15) is 22.0 Å². The zero-order valence-electron chi connectivity index (χ0n) is 14.9. The van der Waals surface area contributed by atoms with Gasteiger partial charge in [-0.05, 0) is 44.5 Å². The third-order valence-corrected chi connectivity index (χ3v) is 5.13. The number of nitrogens with zero attached hydrogens (tertiary/aromatic N) is 1. The Labute approximate surface area is 151 Å². The Bertz CT molecular complexity index is 945. The summed E-state index contributed by atoms with van der Waals surface area (Å²) < 4.78 is 51.8. The van der Waals surface area contributed by atoms with E-state index in [2.05, 4.69) is 5.32 Å². The fraction of sp³-hybridized carbons (Fsp3) is 0.278. The molecule has 2 rings (SSSR count). The van der Waals surface area contributed by atoms with Gasteiger partial charge in [0, 0.05) is 11.8 Å². The van der Waals surface area contributed by atoms with Gasteiger partial charge in [-0.2, -0.15) is 0 Å². The van der Waals surface area contributed by atoms with Gasteiger partial charge in [-0.3, -0.25) is 9.10 Å². The van der Waals surface area contributed by atoms with Crippen LogP contribution in [-0.2, 0) is 14.8 Å². The van der Waals surface area contributed by atoms with Crippen LogP contribution in [0.15, 0.2) is 36.4 Å². The zero-order chi connectivity index (χ0) is 19.6. The summed E-state index contributed by atoms with van der Waals surface area (Å²) in [5.41, 5.74) is 2.26. The van der Waals surface area contributed by atoms with Crippen LogP contribution in [-0.4, -0.2) is 26.6 Å². The lowest BCUT2D eigenvalue weighted by molar-refractivity contribution is -0.116. The van der Waals surface area contributed by atoms with E-state index in [1.807, 2.05) is 26.0 Å². The molecule has 0 aliphatic rings. The summed E-state index contributed by atoms with van der Waals surface area (Å²) in [5.74, 6) is -2.89. The molecule has 1 atom stereocenters. The molecule has 0 heterocycles. The summed E-state index contributed by atoms with van der Waals surface area (Å²) >= 11 is 0. The van der Waals surface area contributed by atoms with Gasteiger partial charge in [-0.25, -0.2) is 17.2 Å². The number of halogens is 2. The van der Waals surface area contributed by atoms with E-state index in [0.29, 0.717) is 5.69 Å². The number of hydrogen-bond donors (Lipinski definition) is 1. The van der Waals surface area contributed by atoms with Gasteiger partial charge in [-0.15, -0.1) is 0 Å². The highest BCUT2D eigenvalue weighted by molar-refractivity contribution is 7.92. The normalized spacial score (nSPS) is 12.5. The van der Waals surface area contributed by atoms with Crippen molar-refractivity contribution in [1.82, 2.24) is 0 Å². The monoisotopic (exact) mass is 382 g/mol. The first-order valence-corrected chi connectivity index (χ1v) is 9.68. The first-order valence-electron chi connectivity index (χ1n) is 7.83. The summed E-state index contributed by atoms with van der Waals surface area (Å²) in [4.78, 5) is 12.6. The predicted octanol–water partition coefficient (Wildman–Crippen LogP) is 3.37. The molecule has 0 aliphatic carbocycles. The van der Waals surface area contributed by atoms with Gasteiger partial charge in [0.05, 0.1) is 11.9 Å². The quantitative estimate of drug-likeness (QED) is 0.862. The van der Waals surface area contributed by atoms with Crippen molar-refractivity contribution < 1.29 is 22.0 Å². The number of hydrogen-bond acceptors (Lipinski definition) is 3. The Balaban J connectivity index is 2.35. The molecule has 0 fully saturated rings. The Morgan fingerprint density at radius 1 is 1.08 bits per heavy atom. The molecule has 0 saturated carbocycles. The van der Waals surface area contributed by atoms with E-state index in [1.54, 1.807) is 6.07 Å². The van der Waals surface area contributed by atoms with Crippen LogP contribution in [0.2, 0.25) is 0 Å². The van der Waals surface area contributed by atoms with Crippen LogP contribution in [0.1, 0.15) is 18.1 Å². The topological polar surface area (TPSA) is 66.5 Å². The highest BCUT2D eigenvalue weighted by Crippen LogP contribution is 2.24. The number of carbonyl (C=O) groups is 1. The number of anilines is 2. The summed E-state index contributed by atoms with van der Waals surface area (Å²) in [6, 6.07) is 6.92. The van der Waals surface area contributed by atoms with Gasteiger partial charge >= 0.3 is 0 Å². The minimum atomic E-state index is -3.92. The van der Waals surface area contributed by atoms with Gasteiger partial charge in [0.15, 0.2) is 11.6 Å². The maximum absolute atomic E-state index is 13.5. The van der Waals surface area contributed by atoms with Crippen molar-refractivity contribution in [2.75, 3.05) is 15.9 Å². The molecule has 0 unspecified atom stereocenters. The standard InChI is InChI=1S/C18H20F2N2O3S/c1-11-5-8-17(12(2)9-11)21-18(23)13(3)22(26(4,24)25)14-6-7-15(19)16(20)10-14/h5-10,13H,1-4H3,(H,21,23)/t13-/m0/s1. The molecule has 0 bridgehead atoms. The molecule has 0 spiro atoms. The van der Waals surface area contributed by atoms with Crippen molar-refractivity contribution in [2.24, 2.45) is 0 Å². The molecule has 26 heavy (non-hydrogen) atoms. The van der Waals surface area contributed by atoms with Crippen LogP contribution in [0.5, 0.6) is 0 Å². The molecule has 1 N–H and O–H groups in total. The molecule has 0 aliphatic heterocycles. The van der Waals surface area contributed by atoms with E-state index in [4.69, 9.17) is 0 Å². The molecular weight excluding hydrogens is 362 g/mol. The number of rotatable bonds is 5. The summed E-state index contributed by atoms with van der Waals surface area (Å²) in [6.45, 7) is 5.10. The molecule has 2 aromatic carbocycles. The second-order valence-corrected chi connectivity index (χ2v) is 8.00. The first kappa shape index (κ1) is 19.8. The average molecular weight is 382 g/mol. The average Bonchev–Trinajstić information content (AvgIpc) is 2.52. The number of benzene rings is 2. The lowest BCUT2D eigenvalue weighted by Crippen LogP contribution is -2.45. The van der Waals surface area contributed by atoms with Crippen molar-refractivity contribution in [3.8, 4) is 0 Å². The molecule has 0 radical (unpaired) electrons. The van der Waals surface area contributed by atoms with Crippen LogP contribution in [0.3, 0.4) is 0 Å². The highest BCUT2D eigenvalue weighted by Gasteiger charge is 2.30. The second-order valence-electron chi connectivity index (χ2n) is 6.14. The van der Waals surface area contributed by atoms with Crippen LogP contribution in [0.25, 0.3) is 0 Å². The Kier molecular flexibility index (Phi) is 5.65. The van der Waals surface area contributed by atoms with Gasteiger partial charge in [0.2, 0.25) is 15.9 Å². The molecular formula is C18H20F2N2O3S. The maximum atomic E-state index is 13.5. The van der Waals surface area contributed by atoms with E-state index in [0.717, 1.165) is 39.9 Å². The van der Waals surface area contributed by atoms with Gasteiger partial charge in [-0.1, -0.05) is 17.7 Å². The summed E-state index contributed by atoms with van der Waals surface area (Å²) in [7, 11) is -3.92. The molecule has 8 heteroatoms. The number of aryl methyl sites for hydroxylation is 2. The predicted molar refractivity (Wildman–Crippen MR) is 97.7 cm³/mol. The van der Waals surface area contributed by atoms with E-state index in [-0.39, 0.29) is 5.69 Å². The van der Waals surface area contributed by atoms with Crippen LogP contribution in [0.4, 0.5) is 20.2 Å². The van der Waals surface area contributed by atoms with Crippen LogP contribution >= 0.6 is 0 Å². The highest BCUT2D eigenvalue weighted by atomic mass is 32.2. The lowest BCUT2D eigenvalue weighted by atomic mass is 10.1. The van der Waals surface area contributed by atoms with Crippen LogP contribution in [0, 0.1) is 25.5 Å². The third-order valence-electron chi connectivity index (χ3n) is 3.89. The van der Waals surface area contributed by atoms with E-state index < -0.39 is 33.6 Å².